The average Bonchev–Trinajstić information content (AvgIpc) is 2.40. The summed E-state index contributed by atoms with van der Waals surface area (Å²) in [6.45, 7) is 1.87. The van der Waals surface area contributed by atoms with Crippen molar-refractivity contribution in [1.82, 2.24) is 5.32 Å². The SMILES string of the molecule is COC(=O)c1ccccc1O[C@H]1CCCNC1. The highest BCUT2D eigenvalue weighted by atomic mass is 16.5. The van der Waals surface area contributed by atoms with Gasteiger partial charge in [-0.25, -0.2) is 4.79 Å². The van der Waals surface area contributed by atoms with E-state index < -0.39 is 0 Å². The van der Waals surface area contributed by atoms with Crippen LogP contribution in [0.5, 0.6) is 5.75 Å². The van der Waals surface area contributed by atoms with Gasteiger partial charge in [0.25, 0.3) is 0 Å². The Kier molecular flexibility index (Phi) is 3.98. The Bertz CT molecular complexity index is 386. The van der Waals surface area contributed by atoms with Crippen LogP contribution in [0.4, 0.5) is 0 Å². The molecule has 0 unspecified atom stereocenters. The van der Waals surface area contributed by atoms with E-state index in [0.717, 1.165) is 25.9 Å². The van der Waals surface area contributed by atoms with Crippen molar-refractivity contribution in [1.29, 1.82) is 0 Å². The molecule has 92 valence electrons. The van der Waals surface area contributed by atoms with Crippen molar-refractivity contribution >= 4 is 5.97 Å². The van der Waals surface area contributed by atoms with Crippen molar-refractivity contribution < 1.29 is 14.3 Å². The lowest BCUT2D eigenvalue weighted by Crippen LogP contribution is -2.37. The van der Waals surface area contributed by atoms with Crippen LogP contribution in [-0.2, 0) is 4.74 Å². The summed E-state index contributed by atoms with van der Waals surface area (Å²) in [6, 6.07) is 7.19. The molecular formula is C13H17NO3. The summed E-state index contributed by atoms with van der Waals surface area (Å²) < 4.78 is 10.6. The number of hydrogen-bond acceptors (Lipinski definition) is 4. The fourth-order valence-corrected chi connectivity index (χ4v) is 1.95. The third-order valence-electron chi connectivity index (χ3n) is 2.84. The van der Waals surface area contributed by atoms with Gasteiger partial charge in [-0.1, -0.05) is 12.1 Å². The monoisotopic (exact) mass is 235 g/mol. The van der Waals surface area contributed by atoms with Crippen LogP contribution in [0.1, 0.15) is 23.2 Å². The second-order valence-corrected chi connectivity index (χ2v) is 4.07. The Hall–Kier alpha value is -1.55. The Morgan fingerprint density at radius 2 is 2.24 bits per heavy atom. The minimum Gasteiger partial charge on any atom is -0.488 e. The van der Waals surface area contributed by atoms with E-state index in [1.165, 1.54) is 7.11 Å². The lowest BCUT2D eigenvalue weighted by Gasteiger charge is -2.24. The fraction of sp³-hybridized carbons (Fsp3) is 0.462. The van der Waals surface area contributed by atoms with Crippen molar-refractivity contribution in [2.45, 2.75) is 18.9 Å². The summed E-state index contributed by atoms with van der Waals surface area (Å²) in [5.41, 5.74) is 0.487. The maximum absolute atomic E-state index is 11.6. The zero-order valence-corrected chi connectivity index (χ0v) is 9.94. The second kappa shape index (κ2) is 5.68. The van der Waals surface area contributed by atoms with E-state index in [4.69, 9.17) is 9.47 Å². The number of methoxy groups -OCH3 is 1. The minimum atomic E-state index is -0.357. The van der Waals surface area contributed by atoms with Crippen LogP contribution in [0, 0.1) is 0 Å². The average molecular weight is 235 g/mol. The molecule has 1 saturated heterocycles. The maximum Gasteiger partial charge on any atom is 0.341 e. The number of benzene rings is 1. The highest BCUT2D eigenvalue weighted by Gasteiger charge is 2.18. The van der Waals surface area contributed by atoms with E-state index >= 15 is 0 Å². The number of hydrogen-bond donors (Lipinski definition) is 1. The molecule has 1 aromatic carbocycles. The predicted octanol–water partition coefficient (Wildman–Crippen LogP) is 1.60. The summed E-state index contributed by atoms with van der Waals surface area (Å²) >= 11 is 0. The summed E-state index contributed by atoms with van der Waals surface area (Å²) in [5, 5.41) is 3.28. The smallest absolute Gasteiger partial charge is 0.341 e. The minimum absolute atomic E-state index is 0.134. The van der Waals surface area contributed by atoms with Gasteiger partial charge in [0.15, 0.2) is 0 Å². The molecule has 1 aliphatic rings. The number of carbonyl (C=O) groups is 1. The van der Waals surface area contributed by atoms with E-state index in [-0.39, 0.29) is 12.1 Å². The van der Waals surface area contributed by atoms with Gasteiger partial charge in [-0.2, -0.15) is 0 Å². The van der Waals surface area contributed by atoms with Gasteiger partial charge in [-0.15, -0.1) is 0 Å². The first-order valence-corrected chi connectivity index (χ1v) is 5.86. The van der Waals surface area contributed by atoms with Crippen LogP contribution in [-0.4, -0.2) is 32.3 Å². The van der Waals surface area contributed by atoms with Gasteiger partial charge >= 0.3 is 5.97 Å². The standard InChI is InChI=1S/C13H17NO3/c1-16-13(15)11-6-2-3-7-12(11)17-10-5-4-8-14-9-10/h2-3,6-7,10,14H,4-5,8-9H2,1H3/t10-/m0/s1. The number of ether oxygens (including phenoxy) is 2. The van der Waals surface area contributed by atoms with Crippen molar-refractivity contribution in [3.8, 4) is 5.75 Å². The number of nitrogens with one attached hydrogen (secondary N) is 1. The molecule has 1 aliphatic heterocycles. The predicted molar refractivity (Wildman–Crippen MR) is 64.3 cm³/mol. The van der Waals surface area contributed by atoms with Crippen molar-refractivity contribution in [3.05, 3.63) is 29.8 Å². The first-order chi connectivity index (χ1) is 8.31. The van der Waals surface area contributed by atoms with Gasteiger partial charge < -0.3 is 14.8 Å². The summed E-state index contributed by atoms with van der Waals surface area (Å²) in [6.07, 6.45) is 2.25. The number of esters is 1. The summed E-state index contributed by atoms with van der Waals surface area (Å²) in [5.74, 6) is 0.248. The summed E-state index contributed by atoms with van der Waals surface area (Å²) in [7, 11) is 1.38. The van der Waals surface area contributed by atoms with E-state index in [1.807, 2.05) is 6.07 Å². The molecule has 1 atom stereocenters. The molecule has 1 fully saturated rings. The molecule has 0 aliphatic carbocycles. The van der Waals surface area contributed by atoms with Crippen LogP contribution in [0.3, 0.4) is 0 Å². The molecule has 1 aromatic rings. The molecule has 0 amide bonds. The topological polar surface area (TPSA) is 47.6 Å². The van der Waals surface area contributed by atoms with E-state index in [1.54, 1.807) is 18.2 Å². The molecule has 0 aromatic heterocycles. The van der Waals surface area contributed by atoms with Gasteiger partial charge in [0.05, 0.1) is 7.11 Å². The van der Waals surface area contributed by atoms with Crippen LogP contribution < -0.4 is 10.1 Å². The maximum atomic E-state index is 11.6. The number of piperidine rings is 1. The second-order valence-electron chi connectivity index (χ2n) is 4.07. The molecule has 1 heterocycles. The number of carbonyl (C=O) groups excluding carboxylic acids is 1. The third kappa shape index (κ3) is 2.97. The van der Waals surface area contributed by atoms with Crippen LogP contribution in [0.25, 0.3) is 0 Å². The zero-order valence-electron chi connectivity index (χ0n) is 9.94. The zero-order chi connectivity index (χ0) is 12.1. The van der Waals surface area contributed by atoms with Crippen molar-refractivity contribution in [3.63, 3.8) is 0 Å². The van der Waals surface area contributed by atoms with Gasteiger partial charge in [-0.3, -0.25) is 0 Å². The molecule has 0 radical (unpaired) electrons. The third-order valence-corrected chi connectivity index (χ3v) is 2.84. The molecule has 17 heavy (non-hydrogen) atoms. The molecule has 2 rings (SSSR count). The number of para-hydroxylation sites is 1. The Morgan fingerprint density at radius 3 is 2.94 bits per heavy atom. The summed E-state index contributed by atoms with van der Waals surface area (Å²) in [4.78, 5) is 11.6. The lowest BCUT2D eigenvalue weighted by atomic mass is 10.1. The molecule has 4 nitrogen and oxygen atoms in total. The van der Waals surface area contributed by atoms with Crippen LogP contribution in [0.15, 0.2) is 24.3 Å². The highest BCUT2D eigenvalue weighted by molar-refractivity contribution is 5.92. The van der Waals surface area contributed by atoms with Gasteiger partial charge in [0, 0.05) is 6.54 Å². The first-order valence-electron chi connectivity index (χ1n) is 5.86. The van der Waals surface area contributed by atoms with Crippen molar-refractivity contribution in [2.24, 2.45) is 0 Å². The molecule has 0 spiro atoms. The first kappa shape index (κ1) is 11.9. The molecule has 0 bridgehead atoms. The number of rotatable bonds is 3. The largest absolute Gasteiger partial charge is 0.488 e. The molecular weight excluding hydrogens is 218 g/mol. The quantitative estimate of drug-likeness (QED) is 0.808. The molecule has 0 saturated carbocycles. The highest BCUT2D eigenvalue weighted by Crippen LogP contribution is 2.21. The fourth-order valence-electron chi connectivity index (χ4n) is 1.95. The van der Waals surface area contributed by atoms with Gasteiger partial charge in [0.2, 0.25) is 0 Å². The van der Waals surface area contributed by atoms with E-state index in [0.29, 0.717) is 11.3 Å². The molecule has 4 heteroatoms. The van der Waals surface area contributed by atoms with Gasteiger partial charge in [0.1, 0.15) is 17.4 Å². The van der Waals surface area contributed by atoms with Crippen molar-refractivity contribution in [2.75, 3.05) is 20.2 Å². The Morgan fingerprint density at radius 1 is 1.41 bits per heavy atom. The Labute approximate surface area is 101 Å². The van der Waals surface area contributed by atoms with E-state index in [2.05, 4.69) is 5.32 Å². The van der Waals surface area contributed by atoms with Gasteiger partial charge in [-0.05, 0) is 31.5 Å². The lowest BCUT2D eigenvalue weighted by molar-refractivity contribution is 0.0591. The molecule has 1 N–H and O–H groups in total. The van der Waals surface area contributed by atoms with Crippen LogP contribution >= 0.6 is 0 Å². The van der Waals surface area contributed by atoms with E-state index in [9.17, 15) is 4.79 Å². The Balaban J connectivity index is 2.11. The van der Waals surface area contributed by atoms with Crippen LogP contribution in [0.2, 0.25) is 0 Å². The normalized spacial score (nSPS) is 19.7.